The molecule has 0 bridgehead atoms. The Morgan fingerprint density at radius 3 is 2.74 bits per heavy atom. The van der Waals surface area contributed by atoms with Gasteiger partial charge in [-0.15, -0.1) is 0 Å². The first-order chi connectivity index (χ1) is 11.1. The summed E-state index contributed by atoms with van der Waals surface area (Å²) in [5.74, 6) is 0.0223. The molecule has 2 aromatic rings. The van der Waals surface area contributed by atoms with Crippen molar-refractivity contribution in [3.8, 4) is 0 Å². The fourth-order valence-corrected chi connectivity index (χ4v) is 3.12. The molecular formula is C17H15N3O3. The van der Waals surface area contributed by atoms with Crippen LogP contribution in [-0.2, 0) is 6.61 Å². The molecule has 2 aliphatic heterocycles. The summed E-state index contributed by atoms with van der Waals surface area (Å²) in [7, 11) is 0. The molecule has 1 unspecified atom stereocenters. The van der Waals surface area contributed by atoms with E-state index in [0.29, 0.717) is 30.1 Å². The van der Waals surface area contributed by atoms with Crippen molar-refractivity contribution in [2.45, 2.75) is 18.6 Å². The van der Waals surface area contributed by atoms with Crippen molar-refractivity contribution >= 4 is 23.0 Å². The summed E-state index contributed by atoms with van der Waals surface area (Å²) in [4.78, 5) is 23.0. The Kier molecular flexibility index (Phi) is 3.04. The molecule has 0 saturated carbocycles. The zero-order chi connectivity index (χ0) is 16.0. The lowest BCUT2D eigenvalue weighted by Gasteiger charge is -2.29. The first-order valence-electron chi connectivity index (χ1n) is 7.41. The van der Waals surface area contributed by atoms with Crippen molar-refractivity contribution in [1.82, 2.24) is 4.98 Å². The first-order valence-corrected chi connectivity index (χ1v) is 7.41. The smallest absolute Gasteiger partial charge is 0.204 e. The van der Waals surface area contributed by atoms with Crippen LogP contribution >= 0.6 is 0 Å². The summed E-state index contributed by atoms with van der Waals surface area (Å²) in [6.45, 7) is 0.476. The number of benzene rings is 1. The van der Waals surface area contributed by atoms with Crippen LogP contribution in [0.2, 0.25) is 0 Å². The Labute approximate surface area is 132 Å². The van der Waals surface area contributed by atoms with Crippen LogP contribution in [0.4, 0.5) is 11.4 Å². The van der Waals surface area contributed by atoms with Crippen molar-refractivity contribution in [3.63, 3.8) is 0 Å². The van der Waals surface area contributed by atoms with E-state index in [1.54, 1.807) is 6.07 Å². The number of nitrogens with zero attached hydrogens (tertiary/aromatic N) is 3. The van der Waals surface area contributed by atoms with Crippen LogP contribution in [-0.4, -0.2) is 39.0 Å². The molecule has 1 atom stereocenters. The van der Waals surface area contributed by atoms with Gasteiger partial charge < -0.3 is 15.1 Å². The third-order valence-electron chi connectivity index (χ3n) is 4.40. The Morgan fingerprint density at radius 1 is 1.22 bits per heavy atom. The van der Waals surface area contributed by atoms with Gasteiger partial charge >= 0.3 is 0 Å². The Morgan fingerprint density at radius 2 is 2.00 bits per heavy atom. The highest BCUT2D eigenvalue weighted by Gasteiger charge is 2.52. The molecule has 4 rings (SSSR count). The Balaban J connectivity index is 1.81. The number of hydrogen-bond acceptors (Lipinski definition) is 6. The van der Waals surface area contributed by atoms with Gasteiger partial charge in [0.25, 0.3) is 0 Å². The molecule has 1 fully saturated rings. The van der Waals surface area contributed by atoms with E-state index in [0.717, 1.165) is 11.3 Å². The van der Waals surface area contributed by atoms with Crippen molar-refractivity contribution < 1.29 is 15.0 Å². The maximum absolute atomic E-state index is 12.7. The number of aliphatic hydroxyl groups is 2. The van der Waals surface area contributed by atoms with E-state index >= 15 is 0 Å². The second-order valence-electron chi connectivity index (χ2n) is 5.74. The van der Waals surface area contributed by atoms with Crippen LogP contribution in [0.5, 0.6) is 0 Å². The van der Waals surface area contributed by atoms with Gasteiger partial charge in [0.2, 0.25) is 5.78 Å². The van der Waals surface area contributed by atoms with Crippen LogP contribution in [0.15, 0.2) is 47.7 Å². The summed E-state index contributed by atoms with van der Waals surface area (Å²) in [5, 5.41) is 20.0. The fourth-order valence-electron chi connectivity index (χ4n) is 3.12. The summed E-state index contributed by atoms with van der Waals surface area (Å²) in [6, 6.07) is 8.92. The van der Waals surface area contributed by atoms with Gasteiger partial charge in [0, 0.05) is 24.8 Å². The van der Waals surface area contributed by atoms with Crippen LogP contribution in [0.25, 0.3) is 0 Å². The SMILES string of the molecule is O=C1c2ccncc2N=C2N(c3ccc(CO)cc3)CCC12O. The third kappa shape index (κ3) is 1.99. The number of ketones is 1. The second-order valence-corrected chi connectivity index (χ2v) is 5.74. The van der Waals surface area contributed by atoms with Crippen LogP contribution in [0.3, 0.4) is 0 Å². The number of Topliss-reactive ketones (excluding diaryl/α,β-unsaturated/α-hetero) is 1. The number of anilines is 1. The molecule has 6 nitrogen and oxygen atoms in total. The number of fused-ring (bicyclic) bond motifs is 2. The fraction of sp³-hybridized carbons (Fsp3) is 0.235. The van der Waals surface area contributed by atoms with E-state index in [9.17, 15) is 9.90 Å². The summed E-state index contributed by atoms with van der Waals surface area (Å²) in [5.41, 5.74) is 0.945. The second kappa shape index (κ2) is 4.97. The molecule has 0 radical (unpaired) electrons. The third-order valence-corrected chi connectivity index (χ3v) is 4.40. The Bertz CT molecular complexity index is 816. The molecule has 3 heterocycles. The highest BCUT2D eigenvalue weighted by atomic mass is 16.3. The normalized spacial score (nSPS) is 22.6. The molecular weight excluding hydrogens is 294 g/mol. The number of pyridine rings is 1. The van der Waals surface area contributed by atoms with Gasteiger partial charge in [-0.2, -0.15) is 0 Å². The molecule has 0 amide bonds. The van der Waals surface area contributed by atoms with Gasteiger partial charge in [0.05, 0.1) is 24.1 Å². The van der Waals surface area contributed by atoms with E-state index in [1.807, 2.05) is 29.2 Å². The van der Waals surface area contributed by atoms with Crippen LogP contribution in [0.1, 0.15) is 22.3 Å². The van der Waals surface area contributed by atoms with Gasteiger partial charge in [0.15, 0.2) is 5.60 Å². The highest BCUT2D eigenvalue weighted by Crippen LogP contribution is 2.38. The minimum absolute atomic E-state index is 0.0251. The van der Waals surface area contributed by atoms with E-state index in [2.05, 4.69) is 9.98 Å². The van der Waals surface area contributed by atoms with Gasteiger partial charge in [-0.1, -0.05) is 12.1 Å². The molecule has 1 aromatic heterocycles. The zero-order valence-corrected chi connectivity index (χ0v) is 12.3. The van der Waals surface area contributed by atoms with E-state index < -0.39 is 5.60 Å². The van der Waals surface area contributed by atoms with Crippen molar-refractivity contribution in [3.05, 3.63) is 53.9 Å². The molecule has 0 spiro atoms. The predicted octanol–water partition coefficient (Wildman–Crippen LogP) is 1.44. The summed E-state index contributed by atoms with van der Waals surface area (Å²) >= 11 is 0. The molecule has 116 valence electrons. The zero-order valence-electron chi connectivity index (χ0n) is 12.3. The van der Waals surface area contributed by atoms with Gasteiger partial charge in [-0.05, 0) is 23.8 Å². The quantitative estimate of drug-likeness (QED) is 0.876. The van der Waals surface area contributed by atoms with E-state index in [4.69, 9.17) is 5.11 Å². The van der Waals surface area contributed by atoms with Crippen molar-refractivity contribution in [2.75, 3.05) is 11.4 Å². The molecule has 1 aromatic carbocycles. The van der Waals surface area contributed by atoms with Crippen LogP contribution < -0.4 is 4.90 Å². The standard InChI is InChI=1S/C17H15N3O3/c21-10-11-1-3-12(4-2-11)20-8-6-17(23)15(22)13-5-7-18-9-14(13)19-16(17)20/h1-5,7,9,21,23H,6,8,10H2. The maximum atomic E-state index is 12.7. The number of rotatable bonds is 2. The average Bonchev–Trinajstić information content (AvgIpc) is 2.93. The predicted molar refractivity (Wildman–Crippen MR) is 84.9 cm³/mol. The first kappa shape index (κ1) is 14.0. The lowest BCUT2D eigenvalue weighted by atomic mass is 9.88. The topological polar surface area (TPSA) is 86.0 Å². The lowest BCUT2D eigenvalue weighted by molar-refractivity contribution is 0.0602. The van der Waals surface area contributed by atoms with Gasteiger partial charge in [-0.25, -0.2) is 4.99 Å². The van der Waals surface area contributed by atoms with Gasteiger partial charge in [-0.3, -0.25) is 9.78 Å². The minimum Gasteiger partial charge on any atom is -0.392 e. The monoisotopic (exact) mass is 309 g/mol. The highest BCUT2D eigenvalue weighted by molar-refractivity contribution is 6.28. The Hall–Kier alpha value is -2.57. The number of carbonyl (C=O) groups excluding carboxylic acids is 1. The maximum Gasteiger partial charge on any atom is 0.204 e. The van der Waals surface area contributed by atoms with Gasteiger partial charge in [0.1, 0.15) is 5.84 Å². The molecule has 6 heteroatoms. The molecule has 2 aliphatic rings. The van der Waals surface area contributed by atoms with Crippen molar-refractivity contribution in [1.29, 1.82) is 0 Å². The van der Waals surface area contributed by atoms with Crippen molar-refractivity contribution in [2.24, 2.45) is 4.99 Å². The molecule has 2 N–H and O–H groups in total. The summed E-state index contributed by atoms with van der Waals surface area (Å²) < 4.78 is 0. The minimum atomic E-state index is -1.58. The number of carbonyl (C=O) groups is 1. The van der Waals surface area contributed by atoms with E-state index in [-0.39, 0.29) is 12.4 Å². The number of amidine groups is 1. The summed E-state index contributed by atoms with van der Waals surface area (Å²) in [6.07, 6.45) is 3.36. The average molecular weight is 309 g/mol. The number of aliphatic imine (C=N–C) groups is 1. The number of aromatic nitrogens is 1. The van der Waals surface area contributed by atoms with Crippen LogP contribution in [0, 0.1) is 0 Å². The number of aliphatic hydroxyl groups excluding tert-OH is 1. The van der Waals surface area contributed by atoms with E-state index in [1.165, 1.54) is 12.4 Å². The number of hydrogen-bond donors (Lipinski definition) is 2. The molecule has 1 saturated heterocycles. The largest absolute Gasteiger partial charge is 0.392 e. The lowest BCUT2D eigenvalue weighted by Crippen LogP contribution is -2.48. The molecule has 0 aliphatic carbocycles. The molecule has 23 heavy (non-hydrogen) atoms.